The summed E-state index contributed by atoms with van der Waals surface area (Å²) in [5.74, 6) is -0.300. The first-order valence-electron chi connectivity index (χ1n) is 5.20. The van der Waals surface area contributed by atoms with Crippen molar-refractivity contribution < 1.29 is 9.53 Å². The number of ether oxygens (including phenoxy) is 1. The van der Waals surface area contributed by atoms with Crippen LogP contribution in [-0.4, -0.2) is 31.5 Å². The monoisotopic (exact) mass is 219 g/mol. The van der Waals surface area contributed by atoms with Gasteiger partial charge in [0.1, 0.15) is 6.61 Å². The third-order valence-corrected chi connectivity index (χ3v) is 1.95. The van der Waals surface area contributed by atoms with Crippen molar-refractivity contribution in [2.75, 3.05) is 20.6 Å². The third-order valence-electron chi connectivity index (χ3n) is 1.95. The Kier molecular flexibility index (Phi) is 5.29. The van der Waals surface area contributed by atoms with Gasteiger partial charge in [-0.3, -0.25) is 0 Å². The van der Waals surface area contributed by atoms with Crippen LogP contribution in [0.15, 0.2) is 42.5 Å². The maximum atomic E-state index is 11.3. The topological polar surface area (TPSA) is 29.5 Å². The standard InChI is InChI=1S/C13H17NO2/c1-14(2)10-6-9-13(15)16-11-12-7-4-3-5-8-12/h3-9H,10-11H2,1-2H3/b9-6+. The van der Waals surface area contributed by atoms with Crippen LogP contribution in [-0.2, 0) is 16.1 Å². The molecule has 0 aromatic heterocycles. The molecule has 0 unspecified atom stereocenters. The van der Waals surface area contributed by atoms with Crippen LogP contribution >= 0.6 is 0 Å². The first kappa shape index (κ1) is 12.5. The van der Waals surface area contributed by atoms with Gasteiger partial charge in [-0.15, -0.1) is 0 Å². The number of carbonyl (C=O) groups excluding carboxylic acids is 1. The first-order valence-corrected chi connectivity index (χ1v) is 5.20. The lowest BCUT2D eigenvalue weighted by atomic mass is 10.2. The molecule has 1 aromatic carbocycles. The van der Waals surface area contributed by atoms with Gasteiger partial charge in [0.25, 0.3) is 0 Å². The van der Waals surface area contributed by atoms with Crippen molar-refractivity contribution in [2.24, 2.45) is 0 Å². The number of likely N-dealkylation sites (N-methyl/N-ethyl adjacent to an activating group) is 1. The molecule has 0 fully saturated rings. The number of carbonyl (C=O) groups is 1. The average Bonchev–Trinajstić information content (AvgIpc) is 2.27. The number of rotatable bonds is 5. The van der Waals surface area contributed by atoms with Gasteiger partial charge in [0.2, 0.25) is 0 Å². The molecule has 86 valence electrons. The van der Waals surface area contributed by atoms with E-state index in [1.807, 2.05) is 49.3 Å². The Bertz CT molecular complexity index is 344. The maximum Gasteiger partial charge on any atom is 0.330 e. The molecule has 0 spiro atoms. The highest BCUT2D eigenvalue weighted by Gasteiger charge is 1.97. The number of hydrogen-bond donors (Lipinski definition) is 0. The second-order valence-electron chi connectivity index (χ2n) is 3.76. The molecule has 16 heavy (non-hydrogen) atoms. The summed E-state index contributed by atoms with van der Waals surface area (Å²) >= 11 is 0. The van der Waals surface area contributed by atoms with Crippen molar-refractivity contribution >= 4 is 5.97 Å². The van der Waals surface area contributed by atoms with Gasteiger partial charge < -0.3 is 9.64 Å². The van der Waals surface area contributed by atoms with Crippen LogP contribution in [0.4, 0.5) is 0 Å². The largest absolute Gasteiger partial charge is 0.458 e. The Morgan fingerprint density at radius 1 is 1.31 bits per heavy atom. The quantitative estimate of drug-likeness (QED) is 0.559. The Morgan fingerprint density at radius 2 is 2.00 bits per heavy atom. The van der Waals surface area contributed by atoms with Gasteiger partial charge in [-0.05, 0) is 19.7 Å². The Hall–Kier alpha value is -1.61. The number of hydrogen-bond acceptors (Lipinski definition) is 3. The molecule has 0 bridgehead atoms. The maximum absolute atomic E-state index is 11.3. The molecule has 3 nitrogen and oxygen atoms in total. The zero-order valence-corrected chi connectivity index (χ0v) is 9.72. The van der Waals surface area contributed by atoms with Crippen molar-refractivity contribution in [3.05, 3.63) is 48.0 Å². The molecule has 0 saturated carbocycles. The SMILES string of the molecule is CN(C)C/C=C/C(=O)OCc1ccccc1. The lowest BCUT2D eigenvalue weighted by Gasteiger charge is -2.04. The molecule has 3 heteroatoms. The van der Waals surface area contributed by atoms with Crippen LogP contribution in [0.3, 0.4) is 0 Å². The van der Waals surface area contributed by atoms with Crippen LogP contribution in [0.2, 0.25) is 0 Å². The molecule has 0 aliphatic heterocycles. The Labute approximate surface area is 96.3 Å². The molecular weight excluding hydrogens is 202 g/mol. The Morgan fingerprint density at radius 3 is 2.62 bits per heavy atom. The molecule has 1 rings (SSSR count). The lowest BCUT2D eigenvalue weighted by molar-refractivity contribution is -0.139. The number of esters is 1. The minimum Gasteiger partial charge on any atom is -0.458 e. The predicted octanol–water partition coefficient (Wildman–Crippen LogP) is 1.85. The van der Waals surface area contributed by atoms with Gasteiger partial charge in [-0.1, -0.05) is 36.4 Å². The van der Waals surface area contributed by atoms with E-state index in [9.17, 15) is 4.79 Å². The van der Waals surface area contributed by atoms with E-state index in [0.717, 1.165) is 12.1 Å². The predicted molar refractivity (Wildman–Crippen MR) is 63.9 cm³/mol. The number of benzene rings is 1. The van der Waals surface area contributed by atoms with E-state index in [2.05, 4.69) is 0 Å². The molecule has 1 aromatic rings. The van der Waals surface area contributed by atoms with E-state index in [0.29, 0.717) is 6.61 Å². The molecule has 0 amide bonds. The molecular formula is C13H17NO2. The lowest BCUT2D eigenvalue weighted by Crippen LogP contribution is -2.11. The van der Waals surface area contributed by atoms with Crippen LogP contribution in [0, 0.1) is 0 Å². The summed E-state index contributed by atoms with van der Waals surface area (Å²) in [7, 11) is 3.89. The van der Waals surface area contributed by atoms with E-state index >= 15 is 0 Å². The van der Waals surface area contributed by atoms with E-state index in [-0.39, 0.29) is 5.97 Å². The second kappa shape index (κ2) is 6.80. The number of nitrogens with zero attached hydrogens (tertiary/aromatic N) is 1. The summed E-state index contributed by atoms with van der Waals surface area (Å²) in [4.78, 5) is 13.2. The van der Waals surface area contributed by atoms with Gasteiger partial charge in [0.15, 0.2) is 0 Å². The average molecular weight is 219 g/mol. The summed E-state index contributed by atoms with van der Waals surface area (Å²) in [6.07, 6.45) is 3.25. The normalized spacial score (nSPS) is 10.9. The van der Waals surface area contributed by atoms with Crippen molar-refractivity contribution in [1.82, 2.24) is 4.90 Å². The van der Waals surface area contributed by atoms with Crippen molar-refractivity contribution in [3.63, 3.8) is 0 Å². The van der Waals surface area contributed by atoms with Gasteiger partial charge in [-0.2, -0.15) is 0 Å². The molecule has 0 aliphatic rings. The second-order valence-corrected chi connectivity index (χ2v) is 3.76. The van der Waals surface area contributed by atoms with E-state index in [1.165, 1.54) is 6.08 Å². The van der Waals surface area contributed by atoms with Gasteiger partial charge in [0, 0.05) is 12.6 Å². The van der Waals surface area contributed by atoms with Crippen molar-refractivity contribution in [3.8, 4) is 0 Å². The summed E-state index contributed by atoms with van der Waals surface area (Å²) in [6.45, 7) is 1.06. The molecule has 0 saturated heterocycles. The summed E-state index contributed by atoms with van der Waals surface area (Å²) in [5, 5.41) is 0. The third kappa shape index (κ3) is 5.32. The molecule has 0 N–H and O–H groups in total. The summed E-state index contributed by atoms with van der Waals surface area (Å²) < 4.78 is 5.07. The van der Waals surface area contributed by atoms with Gasteiger partial charge in [-0.25, -0.2) is 4.79 Å². The first-order chi connectivity index (χ1) is 7.68. The van der Waals surface area contributed by atoms with Crippen LogP contribution in [0.1, 0.15) is 5.56 Å². The molecule has 0 aliphatic carbocycles. The Balaban J connectivity index is 2.28. The van der Waals surface area contributed by atoms with Crippen LogP contribution in [0.25, 0.3) is 0 Å². The van der Waals surface area contributed by atoms with Crippen LogP contribution in [0.5, 0.6) is 0 Å². The highest BCUT2D eigenvalue weighted by Crippen LogP contribution is 2.00. The highest BCUT2D eigenvalue weighted by molar-refractivity contribution is 5.81. The summed E-state index contributed by atoms with van der Waals surface area (Å²) in [5.41, 5.74) is 0.997. The van der Waals surface area contributed by atoms with Crippen LogP contribution < -0.4 is 0 Å². The minimum absolute atomic E-state index is 0.300. The van der Waals surface area contributed by atoms with E-state index < -0.39 is 0 Å². The molecule has 0 radical (unpaired) electrons. The zero-order chi connectivity index (χ0) is 11.8. The molecule has 0 atom stereocenters. The van der Waals surface area contributed by atoms with E-state index in [4.69, 9.17) is 4.74 Å². The van der Waals surface area contributed by atoms with Crippen molar-refractivity contribution in [1.29, 1.82) is 0 Å². The van der Waals surface area contributed by atoms with Gasteiger partial charge >= 0.3 is 5.97 Å². The molecule has 0 heterocycles. The van der Waals surface area contributed by atoms with Gasteiger partial charge in [0.05, 0.1) is 0 Å². The smallest absolute Gasteiger partial charge is 0.330 e. The fourth-order valence-corrected chi connectivity index (χ4v) is 1.14. The summed E-state index contributed by atoms with van der Waals surface area (Å²) in [6, 6.07) is 9.63. The fraction of sp³-hybridized carbons (Fsp3) is 0.308. The fourth-order valence-electron chi connectivity index (χ4n) is 1.14. The zero-order valence-electron chi connectivity index (χ0n) is 9.72. The van der Waals surface area contributed by atoms with Crippen molar-refractivity contribution in [2.45, 2.75) is 6.61 Å². The minimum atomic E-state index is -0.300. The van der Waals surface area contributed by atoms with E-state index in [1.54, 1.807) is 6.08 Å². The highest BCUT2D eigenvalue weighted by atomic mass is 16.5.